The molecule has 0 amide bonds. The van der Waals surface area contributed by atoms with Gasteiger partial charge in [-0.1, -0.05) is 50.1 Å². The van der Waals surface area contributed by atoms with Gasteiger partial charge in [-0.3, -0.25) is 4.79 Å². The second kappa shape index (κ2) is 13.7. The minimum absolute atomic E-state index is 0.0130. The van der Waals surface area contributed by atoms with Crippen LogP contribution >= 0.6 is 0 Å². The summed E-state index contributed by atoms with van der Waals surface area (Å²) < 4.78 is 23.9. The molecule has 0 radical (unpaired) electrons. The minimum atomic E-state index is -1.48. The first-order valence-corrected chi connectivity index (χ1v) is 15.2. The van der Waals surface area contributed by atoms with E-state index < -0.39 is 60.3 Å². The molecule has 1 heterocycles. The van der Waals surface area contributed by atoms with Crippen molar-refractivity contribution in [1.82, 2.24) is 0 Å². The Kier molecular flexibility index (Phi) is 11.3. The average molecular weight is 593 g/mol. The van der Waals surface area contributed by atoms with Crippen LogP contribution in [-0.4, -0.2) is 76.8 Å². The summed E-state index contributed by atoms with van der Waals surface area (Å²) in [6, 6.07) is 0. The molecule has 9 nitrogen and oxygen atoms in total. The van der Waals surface area contributed by atoms with E-state index in [4.69, 9.17) is 18.9 Å². The molecule has 0 unspecified atom stereocenters. The summed E-state index contributed by atoms with van der Waals surface area (Å²) in [7, 11) is 0. The zero-order valence-corrected chi connectivity index (χ0v) is 26.8. The molecule has 42 heavy (non-hydrogen) atoms. The van der Waals surface area contributed by atoms with Crippen LogP contribution in [0.1, 0.15) is 88.0 Å². The van der Waals surface area contributed by atoms with E-state index in [-0.39, 0.29) is 23.9 Å². The maximum absolute atomic E-state index is 13.1. The van der Waals surface area contributed by atoms with Crippen molar-refractivity contribution in [2.75, 3.05) is 6.61 Å². The van der Waals surface area contributed by atoms with Crippen molar-refractivity contribution in [2.24, 2.45) is 22.7 Å². The van der Waals surface area contributed by atoms with E-state index >= 15 is 0 Å². The predicted molar refractivity (Wildman–Crippen MR) is 158 cm³/mol. The average Bonchev–Trinajstić information content (AvgIpc) is 2.90. The van der Waals surface area contributed by atoms with Gasteiger partial charge in [0.1, 0.15) is 18.3 Å². The number of hydrogen-bond acceptors (Lipinski definition) is 9. The lowest BCUT2D eigenvalue weighted by Crippen LogP contribution is -2.64. The van der Waals surface area contributed by atoms with Crippen LogP contribution in [0.5, 0.6) is 0 Å². The molecule has 2 aliphatic carbocycles. The standard InChI is InChI=1S/C33H52O9/c1-10-19(3)30(38)42-29-24(41-31-27(37)26(36)28(21(5)39-31)40-22(6)35)17-33(9)23(13-11-18(2)15-16-34)20(4)12-14-25(33)32(29,7)8/h10,12,15,21,23-29,31,34,36-37H,11,13-14,16-17H2,1-9H3/b18-15+,19-10-/t21-,23+,24-,25+,26-,27+,28-,29+,31-,33-/m0/s1. The van der Waals surface area contributed by atoms with E-state index in [1.165, 1.54) is 12.5 Å². The van der Waals surface area contributed by atoms with Gasteiger partial charge in [-0.25, -0.2) is 4.79 Å². The molecule has 0 aromatic heterocycles. The highest BCUT2D eigenvalue weighted by atomic mass is 16.7. The van der Waals surface area contributed by atoms with Crippen molar-refractivity contribution < 1.29 is 43.9 Å². The van der Waals surface area contributed by atoms with Gasteiger partial charge in [0.15, 0.2) is 12.4 Å². The first-order chi connectivity index (χ1) is 19.6. The quantitative estimate of drug-likeness (QED) is 0.203. The Hall–Kier alpha value is -2.04. The number of rotatable bonds is 9. The van der Waals surface area contributed by atoms with Crippen molar-refractivity contribution >= 4 is 11.9 Å². The highest BCUT2D eigenvalue weighted by Gasteiger charge is 2.61. The Bertz CT molecular complexity index is 1080. The summed E-state index contributed by atoms with van der Waals surface area (Å²) >= 11 is 0. The van der Waals surface area contributed by atoms with Crippen molar-refractivity contribution in [1.29, 1.82) is 0 Å². The Morgan fingerprint density at radius 1 is 1.12 bits per heavy atom. The lowest BCUT2D eigenvalue weighted by molar-refractivity contribution is -0.326. The molecule has 1 aliphatic heterocycles. The number of esters is 2. The number of fused-ring (bicyclic) bond motifs is 1. The number of ether oxygens (including phenoxy) is 4. The van der Waals surface area contributed by atoms with Gasteiger partial charge in [0.25, 0.3) is 0 Å². The Balaban J connectivity index is 2.00. The summed E-state index contributed by atoms with van der Waals surface area (Å²) in [6.07, 6.45) is 1.77. The molecule has 3 aliphatic rings. The Morgan fingerprint density at radius 2 is 1.79 bits per heavy atom. The lowest BCUT2D eigenvalue weighted by atomic mass is 9.46. The minimum Gasteiger partial charge on any atom is -0.457 e. The summed E-state index contributed by atoms with van der Waals surface area (Å²) in [4.78, 5) is 24.7. The van der Waals surface area contributed by atoms with E-state index in [0.29, 0.717) is 12.0 Å². The summed E-state index contributed by atoms with van der Waals surface area (Å²) in [5, 5.41) is 31.3. The molecule has 0 spiro atoms. The fourth-order valence-corrected chi connectivity index (χ4v) is 7.64. The summed E-state index contributed by atoms with van der Waals surface area (Å²) in [6.45, 7) is 17.1. The van der Waals surface area contributed by atoms with Crippen LogP contribution < -0.4 is 0 Å². The third-order valence-electron chi connectivity index (χ3n) is 10.1. The largest absolute Gasteiger partial charge is 0.457 e. The van der Waals surface area contributed by atoms with Gasteiger partial charge in [-0.2, -0.15) is 0 Å². The van der Waals surface area contributed by atoms with E-state index in [9.17, 15) is 24.9 Å². The van der Waals surface area contributed by atoms with E-state index in [2.05, 4.69) is 33.8 Å². The Morgan fingerprint density at radius 3 is 2.38 bits per heavy atom. The molecule has 3 N–H and O–H groups in total. The highest BCUT2D eigenvalue weighted by Crippen LogP contribution is 2.62. The van der Waals surface area contributed by atoms with Gasteiger partial charge in [-0.15, -0.1) is 0 Å². The van der Waals surface area contributed by atoms with Crippen LogP contribution in [0.3, 0.4) is 0 Å². The second-order valence-corrected chi connectivity index (χ2v) is 13.3. The molecule has 9 heteroatoms. The van der Waals surface area contributed by atoms with Crippen molar-refractivity contribution in [3.63, 3.8) is 0 Å². The monoisotopic (exact) mass is 592 g/mol. The lowest BCUT2D eigenvalue weighted by Gasteiger charge is -2.61. The maximum Gasteiger partial charge on any atom is 0.333 e. The molecule has 10 atom stereocenters. The van der Waals surface area contributed by atoms with Gasteiger partial charge in [-0.05, 0) is 77.6 Å². The second-order valence-electron chi connectivity index (χ2n) is 13.3. The first-order valence-electron chi connectivity index (χ1n) is 15.2. The van der Waals surface area contributed by atoms with Crippen LogP contribution in [0, 0.1) is 22.7 Å². The summed E-state index contributed by atoms with van der Waals surface area (Å²) in [5.74, 6) is -0.631. The van der Waals surface area contributed by atoms with E-state index in [0.717, 1.165) is 24.8 Å². The Labute approximate surface area is 250 Å². The predicted octanol–water partition coefficient (Wildman–Crippen LogP) is 4.39. The number of allylic oxidation sites excluding steroid dienone is 4. The van der Waals surface area contributed by atoms with Gasteiger partial charge < -0.3 is 34.3 Å². The van der Waals surface area contributed by atoms with Crippen LogP contribution in [0.15, 0.2) is 34.9 Å². The van der Waals surface area contributed by atoms with Crippen LogP contribution in [0.25, 0.3) is 0 Å². The zero-order chi connectivity index (χ0) is 31.6. The normalized spacial score (nSPS) is 38.8. The molecular weight excluding hydrogens is 540 g/mol. The highest BCUT2D eigenvalue weighted by molar-refractivity contribution is 5.87. The van der Waals surface area contributed by atoms with Gasteiger partial charge in [0.2, 0.25) is 0 Å². The van der Waals surface area contributed by atoms with Crippen molar-refractivity contribution in [2.45, 2.75) is 131 Å². The first kappa shape index (κ1) is 34.5. The molecule has 0 aromatic rings. The molecule has 0 bridgehead atoms. The van der Waals surface area contributed by atoms with Gasteiger partial charge >= 0.3 is 11.9 Å². The fraction of sp³-hybridized carbons (Fsp3) is 0.758. The molecular formula is C33H52O9. The number of carbonyl (C=O) groups is 2. The van der Waals surface area contributed by atoms with Crippen LogP contribution in [-0.2, 0) is 28.5 Å². The third kappa shape index (κ3) is 7.02. The molecule has 3 rings (SSSR count). The summed E-state index contributed by atoms with van der Waals surface area (Å²) in [5.41, 5.74) is 2.18. The van der Waals surface area contributed by atoms with Gasteiger partial charge in [0.05, 0.1) is 18.8 Å². The number of hydrogen-bond donors (Lipinski definition) is 3. The number of aliphatic hydroxyl groups is 3. The maximum atomic E-state index is 13.1. The molecule has 238 valence electrons. The number of aliphatic hydroxyl groups excluding tert-OH is 3. The number of carbonyl (C=O) groups excluding carboxylic acids is 2. The SMILES string of the molecule is C/C=C(/C)C(=O)O[C@@H]1[C@@H](O[C@@H]2O[C@@H](C)[C@H](OC(C)=O)[C@@H](O)[C@H]2O)C[C@@]2(C)[C@H](CC/C(C)=C/CO)C(C)=CC[C@@H]2C1(C)C. The van der Waals surface area contributed by atoms with Crippen LogP contribution in [0.2, 0.25) is 0 Å². The van der Waals surface area contributed by atoms with Gasteiger partial charge in [0, 0.05) is 17.9 Å². The molecule has 1 saturated heterocycles. The molecule has 1 saturated carbocycles. The third-order valence-corrected chi connectivity index (χ3v) is 10.1. The topological polar surface area (TPSA) is 132 Å². The molecule has 2 fully saturated rings. The fourth-order valence-electron chi connectivity index (χ4n) is 7.64. The zero-order valence-electron chi connectivity index (χ0n) is 26.8. The molecule has 0 aromatic carbocycles. The van der Waals surface area contributed by atoms with E-state index in [1.54, 1.807) is 26.8 Å². The smallest absolute Gasteiger partial charge is 0.333 e. The van der Waals surface area contributed by atoms with Crippen molar-refractivity contribution in [3.8, 4) is 0 Å². The van der Waals surface area contributed by atoms with E-state index in [1.807, 2.05) is 13.0 Å². The van der Waals surface area contributed by atoms with Crippen molar-refractivity contribution in [3.05, 3.63) is 34.9 Å². The van der Waals surface area contributed by atoms with Crippen LogP contribution in [0.4, 0.5) is 0 Å².